The number of halogens is 1. The first-order chi connectivity index (χ1) is 16.4. The summed E-state index contributed by atoms with van der Waals surface area (Å²) >= 11 is 5.96. The summed E-state index contributed by atoms with van der Waals surface area (Å²) in [5, 5.41) is 26.9. The average molecular weight is 500 g/mol. The van der Waals surface area contributed by atoms with Crippen LogP contribution < -0.4 is 5.32 Å². The van der Waals surface area contributed by atoms with Gasteiger partial charge < -0.3 is 15.5 Å². The number of fused-ring (bicyclic) bond motifs is 2. The van der Waals surface area contributed by atoms with Crippen molar-refractivity contribution in [3.05, 3.63) is 66.2 Å². The minimum atomic E-state index is -1.36. The van der Waals surface area contributed by atoms with Crippen LogP contribution in [0.5, 0.6) is 0 Å². The Hall–Kier alpha value is -2.21. The van der Waals surface area contributed by atoms with Crippen LogP contribution >= 0.6 is 11.6 Å². The van der Waals surface area contributed by atoms with E-state index in [0.29, 0.717) is 23.6 Å². The van der Waals surface area contributed by atoms with E-state index in [9.17, 15) is 19.8 Å². The molecule has 190 valence electrons. The molecule has 2 bridgehead atoms. The molecule has 0 spiro atoms. The van der Waals surface area contributed by atoms with Crippen molar-refractivity contribution in [1.82, 2.24) is 0 Å². The van der Waals surface area contributed by atoms with Gasteiger partial charge in [-0.05, 0) is 75.1 Å². The van der Waals surface area contributed by atoms with Crippen molar-refractivity contribution >= 4 is 29.0 Å². The lowest BCUT2D eigenvalue weighted by Crippen LogP contribution is -2.75. The molecular weight excluding hydrogens is 462 g/mol. The Morgan fingerprint density at radius 1 is 1.14 bits per heavy atom. The smallest absolute Gasteiger partial charge is 0.237 e. The van der Waals surface area contributed by atoms with Gasteiger partial charge in [-0.25, -0.2) is 0 Å². The largest absolute Gasteiger partial charge is 0.391 e. The molecule has 1 amide bonds. The first kappa shape index (κ1) is 27.4. The highest BCUT2D eigenvalue weighted by Gasteiger charge is 2.74. The SMILES string of the molecule is C=CC[C@@]12C[C@@H](CC=C(C)C)C(C)(C)[C@@](CC=C)(C(=O)C(C(=O)Nc3ccc(Cl)cc3)C1O)C2O. The molecule has 0 heterocycles. The van der Waals surface area contributed by atoms with Gasteiger partial charge in [0.1, 0.15) is 5.92 Å². The fraction of sp³-hybridized carbons (Fsp3) is 0.517. The zero-order valence-corrected chi connectivity index (χ0v) is 21.9. The average Bonchev–Trinajstić information content (AvgIpc) is 2.78. The molecule has 2 saturated carbocycles. The number of hydrogen-bond donors (Lipinski definition) is 3. The third-order valence-electron chi connectivity index (χ3n) is 8.63. The van der Waals surface area contributed by atoms with Gasteiger partial charge in [-0.15, -0.1) is 13.2 Å². The second-order valence-electron chi connectivity index (χ2n) is 11.0. The van der Waals surface area contributed by atoms with Crippen LogP contribution in [-0.4, -0.2) is 34.1 Å². The molecule has 1 aromatic carbocycles. The maximum atomic E-state index is 14.3. The Morgan fingerprint density at radius 3 is 2.29 bits per heavy atom. The van der Waals surface area contributed by atoms with Gasteiger partial charge in [0.15, 0.2) is 5.78 Å². The van der Waals surface area contributed by atoms with Crippen LogP contribution in [0.2, 0.25) is 5.02 Å². The van der Waals surface area contributed by atoms with E-state index in [4.69, 9.17) is 11.6 Å². The number of Topliss-reactive ketones (excluding diaryl/α,β-unsaturated/α-hetero) is 1. The van der Waals surface area contributed by atoms with Crippen molar-refractivity contribution in [2.75, 3.05) is 5.32 Å². The van der Waals surface area contributed by atoms with Crippen LogP contribution in [-0.2, 0) is 9.59 Å². The number of allylic oxidation sites excluding steroid dienone is 4. The summed E-state index contributed by atoms with van der Waals surface area (Å²) < 4.78 is 0. The van der Waals surface area contributed by atoms with Crippen molar-refractivity contribution in [2.45, 2.75) is 65.6 Å². The van der Waals surface area contributed by atoms with Gasteiger partial charge in [-0.2, -0.15) is 0 Å². The standard InChI is InChI=1S/C29H38ClNO4/c1-7-15-28-17-19(10-9-18(3)4)27(5,6)29(16-8-2,26(28)35)24(33)22(23(28)32)25(34)31-21-13-11-20(30)12-14-21/h7-9,11-14,19,22-23,26,32,35H,1-2,10,15-17H2,3-6H3,(H,31,34)/t19-,22?,23?,26?,28-,29+/m1/s1. The van der Waals surface area contributed by atoms with Gasteiger partial charge in [0.25, 0.3) is 0 Å². The monoisotopic (exact) mass is 499 g/mol. The molecule has 6 heteroatoms. The van der Waals surface area contributed by atoms with Crippen molar-refractivity contribution < 1.29 is 19.8 Å². The van der Waals surface area contributed by atoms with Gasteiger partial charge >= 0.3 is 0 Å². The molecule has 1 aromatic rings. The van der Waals surface area contributed by atoms with E-state index in [2.05, 4.69) is 24.6 Å². The number of ketones is 1. The number of anilines is 1. The van der Waals surface area contributed by atoms with Gasteiger partial charge in [0, 0.05) is 16.1 Å². The summed E-state index contributed by atoms with van der Waals surface area (Å²) in [4.78, 5) is 27.9. The molecule has 3 unspecified atom stereocenters. The van der Waals surface area contributed by atoms with E-state index in [-0.39, 0.29) is 18.8 Å². The zero-order chi connectivity index (χ0) is 26.2. The number of aliphatic hydroxyl groups excluding tert-OH is 2. The van der Waals surface area contributed by atoms with Crippen molar-refractivity contribution in [3.63, 3.8) is 0 Å². The maximum absolute atomic E-state index is 14.3. The predicted molar refractivity (Wildman–Crippen MR) is 141 cm³/mol. The Balaban J connectivity index is 2.17. The Bertz CT molecular complexity index is 1030. The van der Waals surface area contributed by atoms with Crippen LogP contribution in [0.25, 0.3) is 0 Å². The normalized spacial score (nSPS) is 33.5. The first-order valence-electron chi connectivity index (χ1n) is 12.2. The number of rotatable bonds is 8. The molecular formula is C29H38ClNO4. The lowest BCUT2D eigenvalue weighted by Gasteiger charge is -2.67. The number of benzene rings is 1. The molecule has 3 N–H and O–H groups in total. The summed E-state index contributed by atoms with van der Waals surface area (Å²) in [5.41, 5.74) is -1.38. The third-order valence-corrected chi connectivity index (χ3v) is 8.88. The van der Waals surface area contributed by atoms with Crippen molar-refractivity contribution in [2.24, 2.45) is 28.1 Å². The summed E-state index contributed by atoms with van der Waals surface area (Å²) in [6.45, 7) is 15.8. The number of amides is 1. The molecule has 2 aliphatic rings. The van der Waals surface area contributed by atoms with Crippen LogP contribution in [0.15, 0.2) is 61.2 Å². The Labute approximate surface area is 214 Å². The molecule has 0 aromatic heterocycles. The molecule has 5 nitrogen and oxygen atoms in total. The van der Waals surface area contributed by atoms with Crippen molar-refractivity contribution in [1.29, 1.82) is 0 Å². The lowest BCUT2D eigenvalue weighted by atomic mass is 9.37. The number of nitrogens with one attached hydrogen (secondary N) is 1. The first-order valence-corrected chi connectivity index (χ1v) is 12.6. The van der Waals surface area contributed by atoms with Crippen molar-refractivity contribution in [3.8, 4) is 0 Å². The van der Waals surface area contributed by atoms with Gasteiger partial charge in [0.05, 0.1) is 17.6 Å². The summed E-state index contributed by atoms with van der Waals surface area (Å²) in [6, 6.07) is 6.58. The Morgan fingerprint density at radius 2 is 1.74 bits per heavy atom. The lowest BCUT2D eigenvalue weighted by molar-refractivity contribution is -0.250. The second-order valence-corrected chi connectivity index (χ2v) is 11.5. The summed E-state index contributed by atoms with van der Waals surface area (Å²) in [6.07, 6.45) is 4.63. The number of aliphatic hydroxyl groups is 2. The van der Waals surface area contributed by atoms with Gasteiger partial charge in [-0.3, -0.25) is 9.59 Å². The minimum Gasteiger partial charge on any atom is -0.391 e. The summed E-state index contributed by atoms with van der Waals surface area (Å²) in [5.74, 6) is -2.36. The fourth-order valence-corrected chi connectivity index (χ4v) is 6.71. The predicted octanol–water partition coefficient (Wildman–Crippen LogP) is 5.73. The van der Waals surface area contributed by atoms with Gasteiger partial charge in [0.2, 0.25) is 5.91 Å². The molecule has 3 rings (SSSR count). The topological polar surface area (TPSA) is 86.6 Å². The third kappa shape index (κ3) is 4.32. The molecule has 0 radical (unpaired) electrons. The molecule has 0 saturated heterocycles. The maximum Gasteiger partial charge on any atom is 0.237 e. The van der Waals surface area contributed by atoms with Crippen LogP contribution in [0.3, 0.4) is 0 Å². The van der Waals surface area contributed by atoms with Gasteiger partial charge in [-0.1, -0.05) is 49.2 Å². The molecule has 6 atom stereocenters. The molecule has 35 heavy (non-hydrogen) atoms. The molecule has 2 aliphatic carbocycles. The Kier molecular flexibility index (Phi) is 7.85. The van der Waals surface area contributed by atoms with E-state index in [0.717, 1.165) is 0 Å². The number of carbonyl (C=O) groups is 2. The van der Waals surface area contributed by atoms with E-state index in [1.54, 1.807) is 36.4 Å². The number of carbonyl (C=O) groups excluding carboxylic acids is 2. The van der Waals surface area contributed by atoms with Crippen LogP contribution in [0.1, 0.15) is 53.4 Å². The highest BCUT2D eigenvalue weighted by molar-refractivity contribution is 6.30. The second kappa shape index (κ2) is 10.0. The molecule has 0 aliphatic heterocycles. The highest BCUT2D eigenvalue weighted by atomic mass is 35.5. The minimum absolute atomic E-state index is 0.000392. The number of hydrogen-bond acceptors (Lipinski definition) is 4. The van der Waals surface area contributed by atoms with Crippen LogP contribution in [0.4, 0.5) is 5.69 Å². The quantitative estimate of drug-likeness (QED) is 0.315. The fourth-order valence-electron chi connectivity index (χ4n) is 6.58. The van der Waals surface area contributed by atoms with E-state index < -0.39 is 46.1 Å². The summed E-state index contributed by atoms with van der Waals surface area (Å²) in [7, 11) is 0. The highest BCUT2D eigenvalue weighted by Crippen LogP contribution is 2.68. The molecule has 2 fully saturated rings. The zero-order valence-electron chi connectivity index (χ0n) is 21.2. The van der Waals surface area contributed by atoms with E-state index in [1.807, 2.05) is 27.7 Å². The van der Waals surface area contributed by atoms with E-state index in [1.165, 1.54) is 5.57 Å². The van der Waals surface area contributed by atoms with E-state index >= 15 is 0 Å². The van der Waals surface area contributed by atoms with Crippen LogP contribution in [0, 0.1) is 28.1 Å².